The molecule has 2 unspecified atom stereocenters. The first-order valence-electron chi connectivity index (χ1n) is 6.66. The second-order valence-corrected chi connectivity index (χ2v) is 4.63. The van der Waals surface area contributed by atoms with E-state index in [2.05, 4.69) is 22.0 Å². The number of aromatic nitrogens is 2. The number of morpholine rings is 1. The summed E-state index contributed by atoms with van der Waals surface area (Å²) < 4.78 is 15.9. The number of hydrogen-bond donors (Lipinski definition) is 1. The van der Waals surface area contributed by atoms with Crippen molar-refractivity contribution in [3.05, 3.63) is 11.7 Å². The molecule has 1 saturated heterocycles. The summed E-state index contributed by atoms with van der Waals surface area (Å²) in [7, 11) is 1.64. The van der Waals surface area contributed by atoms with Crippen LogP contribution in [-0.2, 0) is 9.47 Å². The minimum Gasteiger partial charge on any atom is -0.385 e. The van der Waals surface area contributed by atoms with Gasteiger partial charge in [-0.2, -0.15) is 4.98 Å². The molecule has 7 nitrogen and oxygen atoms in total. The fraction of sp³-hybridized carbons (Fsp3) is 0.833. The molecule has 2 atom stereocenters. The van der Waals surface area contributed by atoms with Crippen molar-refractivity contribution in [3.63, 3.8) is 0 Å². The fourth-order valence-corrected chi connectivity index (χ4v) is 2.04. The highest BCUT2D eigenvalue weighted by Gasteiger charge is 2.26. The first kappa shape index (κ1) is 14.4. The summed E-state index contributed by atoms with van der Waals surface area (Å²) in [6.45, 7) is 6.14. The van der Waals surface area contributed by atoms with Crippen molar-refractivity contribution in [3.8, 4) is 0 Å². The van der Waals surface area contributed by atoms with Gasteiger partial charge in [0.1, 0.15) is 6.10 Å². The van der Waals surface area contributed by atoms with E-state index in [0.717, 1.165) is 19.6 Å². The Bertz CT molecular complexity index is 385. The van der Waals surface area contributed by atoms with E-state index in [1.807, 2.05) is 0 Å². The molecule has 19 heavy (non-hydrogen) atoms. The summed E-state index contributed by atoms with van der Waals surface area (Å²) in [4.78, 5) is 6.65. The van der Waals surface area contributed by atoms with Crippen LogP contribution >= 0.6 is 0 Å². The summed E-state index contributed by atoms with van der Waals surface area (Å²) in [6.07, 6.45) is 0.533. The third kappa shape index (κ3) is 3.73. The number of likely N-dealkylation sites (N-methyl/N-ethyl adjacent to an activating group) is 1. The van der Waals surface area contributed by atoms with Gasteiger partial charge < -0.3 is 19.7 Å². The van der Waals surface area contributed by atoms with E-state index in [1.165, 1.54) is 0 Å². The number of nitrogens with zero attached hydrogens (tertiary/aromatic N) is 3. The molecule has 0 saturated carbocycles. The second-order valence-electron chi connectivity index (χ2n) is 4.63. The maximum Gasteiger partial charge on any atom is 0.243 e. The highest BCUT2D eigenvalue weighted by molar-refractivity contribution is 4.97. The first-order valence-corrected chi connectivity index (χ1v) is 6.66. The molecule has 1 aromatic heterocycles. The average Bonchev–Trinajstić information content (AvgIpc) is 2.94. The van der Waals surface area contributed by atoms with Gasteiger partial charge in [-0.15, -0.1) is 0 Å². The third-order valence-electron chi connectivity index (χ3n) is 3.29. The lowest BCUT2D eigenvalue weighted by atomic mass is 10.2. The molecule has 0 bridgehead atoms. The van der Waals surface area contributed by atoms with Gasteiger partial charge in [0.15, 0.2) is 0 Å². The molecule has 0 spiro atoms. The van der Waals surface area contributed by atoms with E-state index in [1.54, 1.807) is 7.11 Å². The highest BCUT2D eigenvalue weighted by Crippen LogP contribution is 2.21. The van der Waals surface area contributed by atoms with Crippen molar-refractivity contribution in [1.82, 2.24) is 15.0 Å². The third-order valence-corrected chi connectivity index (χ3v) is 3.29. The molecule has 0 radical (unpaired) electrons. The summed E-state index contributed by atoms with van der Waals surface area (Å²) >= 11 is 0. The topological polar surface area (TPSA) is 86.6 Å². The minimum atomic E-state index is -0.285. The lowest BCUT2D eigenvalue weighted by Gasteiger charge is -2.30. The molecule has 2 heterocycles. The SMILES string of the molecule is CCN1CCOC(c2noc(C(N)CCOC)n2)C1. The van der Waals surface area contributed by atoms with E-state index in [4.69, 9.17) is 19.7 Å². The van der Waals surface area contributed by atoms with Gasteiger partial charge in [0.05, 0.1) is 12.6 Å². The number of hydrogen-bond acceptors (Lipinski definition) is 7. The molecule has 1 aromatic rings. The molecule has 2 N–H and O–H groups in total. The quantitative estimate of drug-likeness (QED) is 0.805. The van der Waals surface area contributed by atoms with Crippen molar-refractivity contribution in [2.45, 2.75) is 25.5 Å². The van der Waals surface area contributed by atoms with E-state index in [-0.39, 0.29) is 12.1 Å². The smallest absolute Gasteiger partial charge is 0.243 e. The molecule has 1 aliphatic rings. The zero-order chi connectivity index (χ0) is 13.7. The van der Waals surface area contributed by atoms with Gasteiger partial charge in [-0.05, 0) is 13.0 Å². The molecule has 0 amide bonds. The van der Waals surface area contributed by atoms with Crippen LogP contribution in [0.4, 0.5) is 0 Å². The van der Waals surface area contributed by atoms with Crippen molar-refractivity contribution >= 4 is 0 Å². The Labute approximate surface area is 113 Å². The van der Waals surface area contributed by atoms with Crippen LogP contribution in [0.25, 0.3) is 0 Å². The van der Waals surface area contributed by atoms with Gasteiger partial charge in [-0.25, -0.2) is 0 Å². The van der Waals surface area contributed by atoms with Gasteiger partial charge in [-0.1, -0.05) is 12.1 Å². The normalized spacial score (nSPS) is 22.6. The molecule has 1 aliphatic heterocycles. The fourth-order valence-electron chi connectivity index (χ4n) is 2.04. The van der Waals surface area contributed by atoms with Crippen LogP contribution in [-0.4, -0.2) is 55.0 Å². The Morgan fingerprint density at radius 2 is 2.42 bits per heavy atom. The lowest BCUT2D eigenvalue weighted by molar-refractivity contribution is -0.0334. The predicted molar refractivity (Wildman–Crippen MR) is 68.5 cm³/mol. The zero-order valence-electron chi connectivity index (χ0n) is 11.5. The molecule has 2 rings (SSSR count). The van der Waals surface area contributed by atoms with Crippen molar-refractivity contribution < 1.29 is 14.0 Å². The Kier molecular flexibility index (Phi) is 5.26. The number of rotatable bonds is 6. The monoisotopic (exact) mass is 270 g/mol. The van der Waals surface area contributed by atoms with Crippen LogP contribution in [0.15, 0.2) is 4.52 Å². The van der Waals surface area contributed by atoms with Crippen LogP contribution in [0.3, 0.4) is 0 Å². The van der Waals surface area contributed by atoms with Gasteiger partial charge in [0.2, 0.25) is 11.7 Å². The maximum atomic E-state index is 5.95. The van der Waals surface area contributed by atoms with Crippen molar-refractivity contribution in [2.75, 3.05) is 40.0 Å². The van der Waals surface area contributed by atoms with Crippen LogP contribution in [0.5, 0.6) is 0 Å². The van der Waals surface area contributed by atoms with Crippen LogP contribution < -0.4 is 5.73 Å². The second kappa shape index (κ2) is 6.95. The minimum absolute atomic E-state index is 0.124. The van der Waals surface area contributed by atoms with Crippen LogP contribution in [0.1, 0.15) is 37.2 Å². The van der Waals surface area contributed by atoms with Crippen LogP contribution in [0, 0.1) is 0 Å². The largest absolute Gasteiger partial charge is 0.385 e. The summed E-state index contributed by atoms with van der Waals surface area (Å²) in [5.41, 5.74) is 5.95. The summed E-state index contributed by atoms with van der Waals surface area (Å²) in [5, 5.41) is 3.98. The van der Waals surface area contributed by atoms with E-state index in [9.17, 15) is 0 Å². The molecular formula is C12H22N4O3. The molecule has 108 valence electrons. The van der Waals surface area contributed by atoms with Gasteiger partial charge in [0, 0.05) is 26.8 Å². The first-order chi connectivity index (χ1) is 9.24. The van der Waals surface area contributed by atoms with Gasteiger partial charge in [-0.3, -0.25) is 4.90 Å². The summed E-state index contributed by atoms with van der Waals surface area (Å²) in [6, 6.07) is -0.285. The van der Waals surface area contributed by atoms with Gasteiger partial charge >= 0.3 is 0 Å². The molecule has 0 aliphatic carbocycles. The van der Waals surface area contributed by atoms with Crippen molar-refractivity contribution in [1.29, 1.82) is 0 Å². The van der Waals surface area contributed by atoms with Crippen molar-refractivity contribution in [2.24, 2.45) is 5.73 Å². The summed E-state index contributed by atoms with van der Waals surface area (Å²) in [5.74, 6) is 1.03. The Hall–Kier alpha value is -1.02. The maximum absolute atomic E-state index is 5.95. The Morgan fingerprint density at radius 1 is 1.58 bits per heavy atom. The molecular weight excluding hydrogens is 248 g/mol. The molecule has 7 heteroatoms. The zero-order valence-corrected chi connectivity index (χ0v) is 11.5. The Morgan fingerprint density at radius 3 is 3.16 bits per heavy atom. The average molecular weight is 270 g/mol. The number of ether oxygens (including phenoxy) is 2. The molecule has 1 fully saturated rings. The highest BCUT2D eigenvalue weighted by atomic mass is 16.5. The van der Waals surface area contributed by atoms with E-state index in [0.29, 0.717) is 31.3 Å². The van der Waals surface area contributed by atoms with E-state index >= 15 is 0 Å². The van der Waals surface area contributed by atoms with E-state index < -0.39 is 0 Å². The standard InChI is InChI=1S/C12H22N4O3/c1-3-16-5-7-18-10(8-16)11-14-12(19-15-11)9(13)4-6-17-2/h9-10H,3-8,13H2,1-2H3. The lowest BCUT2D eigenvalue weighted by Crippen LogP contribution is -2.38. The van der Waals surface area contributed by atoms with Gasteiger partial charge in [0.25, 0.3) is 0 Å². The molecule has 0 aromatic carbocycles. The number of nitrogens with two attached hydrogens (primary N) is 1. The number of methoxy groups -OCH3 is 1. The predicted octanol–water partition coefficient (Wildman–Crippen LogP) is 0.499. The Balaban J connectivity index is 1.96. The van der Waals surface area contributed by atoms with Crippen LogP contribution in [0.2, 0.25) is 0 Å².